The first-order valence-corrected chi connectivity index (χ1v) is 8.97. The highest BCUT2D eigenvalue weighted by Crippen LogP contribution is 2.29. The van der Waals surface area contributed by atoms with Gasteiger partial charge in [0.15, 0.2) is 5.11 Å². The summed E-state index contributed by atoms with van der Waals surface area (Å²) in [5.41, 5.74) is 1.55. The fourth-order valence-electron chi connectivity index (χ4n) is 1.97. The summed E-state index contributed by atoms with van der Waals surface area (Å²) >= 11 is 22.9. The monoisotopic (exact) mass is 433 g/mol. The molecule has 1 atom stereocenters. The molecular weight excluding hydrogens is 420 g/mol. The van der Waals surface area contributed by atoms with Crippen LogP contribution in [0.1, 0.15) is 15.9 Å². The maximum absolute atomic E-state index is 13.7. The topological polar surface area (TPSA) is 53.2 Å². The number of rotatable bonds is 4. The number of carbonyl (C=O) groups is 1. The van der Waals surface area contributed by atoms with E-state index in [1.165, 1.54) is 12.1 Å². The number of anilines is 1. The van der Waals surface area contributed by atoms with Gasteiger partial charge >= 0.3 is 0 Å². The number of thiocarbonyl (C=S) groups is 1. The summed E-state index contributed by atoms with van der Waals surface area (Å²) < 4.78 is 11.8. The number of benzene rings is 2. The Kier molecular flexibility index (Phi) is 7.06. The van der Waals surface area contributed by atoms with Crippen LogP contribution in [0.25, 0.3) is 0 Å². The Morgan fingerprint density at radius 2 is 1.69 bits per heavy atom. The molecule has 9 heteroatoms. The van der Waals surface area contributed by atoms with Crippen molar-refractivity contribution in [1.29, 1.82) is 0 Å². The van der Waals surface area contributed by atoms with Crippen LogP contribution in [0.4, 0.5) is 10.1 Å². The standard InChI is InChI=1S/C17H15Cl3FN3OS/c1-10-6-8-11(9-7-10)14(25)23-15(17(18,19)20)24-16(26)22-13-5-3-2-4-12(13)21/h2-9,15H,1H3,(H,23,25)(H2,22,24,26). The van der Waals surface area contributed by atoms with Crippen molar-refractivity contribution in [2.24, 2.45) is 0 Å². The van der Waals surface area contributed by atoms with Gasteiger partial charge in [0.1, 0.15) is 12.0 Å². The van der Waals surface area contributed by atoms with Gasteiger partial charge in [-0.1, -0.05) is 64.6 Å². The summed E-state index contributed by atoms with van der Waals surface area (Å²) in [6, 6.07) is 12.8. The highest BCUT2D eigenvalue weighted by atomic mass is 35.6. The molecule has 1 unspecified atom stereocenters. The molecule has 4 nitrogen and oxygen atoms in total. The second kappa shape index (κ2) is 8.86. The number of aryl methyl sites for hydroxylation is 1. The quantitative estimate of drug-likeness (QED) is 0.375. The Morgan fingerprint density at radius 3 is 2.27 bits per heavy atom. The van der Waals surface area contributed by atoms with Gasteiger partial charge in [-0.25, -0.2) is 4.39 Å². The highest BCUT2D eigenvalue weighted by Gasteiger charge is 2.35. The molecule has 0 aromatic heterocycles. The van der Waals surface area contributed by atoms with E-state index >= 15 is 0 Å². The Labute approximate surface area is 171 Å². The molecule has 0 spiro atoms. The van der Waals surface area contributed by atoms with Crippen LogP contribution in [0, 0.1) is 12.7 Å². The number of amides is 1. The van der Waals surface area contributed by atoms with Crippen LogP contribution in [0.15, 0.2) is 48.5 Å². The summed E-state index contributed by atoms with van der Waals surface area (Å²) in [5, 5.41) is 7.86. The van der Waals surface area contributed by atoms with Gasteiger partial charge < -0.3 is 16.0 Å². The number of para-hydroxylation sites is 1. The maximum atomic E-state index is 13.7. The van der Waals surface area contributed by atoms with Gasteiger partial charge in [-0.2, -0.15) is 0 Å². The second-order valence-corrected chi connectivity index (χ2v) is 8.17. The van der Waals surface area contributed by atoms with Crippen LogP contribution < -0.4 is 16.0 Å². The van der Waals surface area contributed by atoms with Gasteiger partial charge in [0.2, 0.25) is 3.79 Å². The molecule has 0 radical (unpaired) electrons. The van der Waals surface area contributed by atoms with Crippen LogP contribution in [-0.4, -0.2) is 21.0 Å². The van der Waals surface area contributed by atoms with Gasteiger partial charge in [0.05, 0.1) is 5.69 Å². The largest absolute Gasteiger partial charge is 0.339 e. The lowest BCUT2D eigenvalue weighted by Gasteiger charge is -2.27. The zero-order valence-corrected chi connectivity index (χ0v) is 16.6. The van der Waals surface area contributed by atoms with Crippen LogP contribution >= 0.6 is 47.0 Å². The molecule has 0 aliphatic rings. The average Bonchev–Trinajstić information content (AvgIpc) is 2.56. The van der Waals surface area contributed by atoms with E-state index in [1.807, 2.05) is 6.92 Å². The third-order valence-electron chi connectivity index (χ3n) is 3.31. The molecule has 3 N–H and O–H groups in total. The minimum Gasteiger partial charge on any atom is -0.339 e. The molecule has 2 rings (SSSR count). The normalized spacial score (nSPS) is 12.2. The van der Waals surface area contributed by atoms with Crippen molar-refractivity contribution in [2.45, 2.75) is 16.9 Å². The molecule has 0 aliphatic heterocycles. The Balaban J connectivity index is 2.07. The summed E-state index contributed by atoms with van der Waals surface area (Å²) in [7, 11) is 0. The summed E-state index contributed by atoms with van der Waals surface area (Å²) in [6.07, 6.45) is -1.15. The molecular formula is C17H15Cl3FN3OS. The van der Waals surface area contributed by atoms with E-state index in [4.69, 9.17) is 47.0 Å². The van der Waals surface area contributed by atoms with Gasteiger partial charge in [-0.05, 0) is 43.4 Å². The van der Waals surface area contributed by atoms with Crippen LogP contribution in [0.3, 0.4) is 0 Å². The molecule has 138 valence electrons. The number of nitrogens with one attached hydrogen (secondary N) is 3. The van der Waals surface area contributed by atoms with Crippen molar-refractivity contribution in [3.05, 3.63) is 65.5 Å². The highest BCUT2D eigenvalue weighted by molar-refractivity contribution is 7.80. The zero-order chi connectivity index (χ0) is 19.3. The number of halogens is 4. The first-order chi connectivity index (χ1) is 12.2. The van der Waals surface area contributed by atoms with E-state index in [0.29, 0.717) is 5.56 Å². The van der Waals surface area contributed by atoms with E-state index < -0.39 is 21.7 Å². The number of hydrogen-bond donors (Lipinski definition) is 3. The number of hydrogen-bond acceptors (Lipinski definition) is 2. The van der Waals surface area contributed by atoms with Crippen molar-refractivity contribution < 1.29 is 9.18 Å². The smallest absolute Gasteiger partial charge is 0.252 e. The molecule has 1 amide bonds. The van der Waals surface area contributed by atoms with Gasteiger partial charge in [0.25, 0.3) is 5.91 Å². The van der Waals surface area contributed by atoms with Crippen LogP contribution in [0.2, 0.25) is 0 Å². The molecule has 0 fully saturated rings. The van der Waals surface area contributed by atoms with Crippen LogP contribution in [0.5, 0.6) is 0 Å². The molecule has 0 aliphatic carbocycles. The fraction of sp³-hybridized carbons (Fsp3) is 0.176. The second-order valence-electron chi connectivity index (χ2n) is 5.39. The molecule has 0 bridgehead atoms. The first kappa shape index (κ1) is 20.7. The predicted molar refractivity (Wildman–Crippen MR) is 108 cm³/mol. The van der Waals surface area contributed by atoms with E-state index in [-0.39, 0.29) is 10.8 Å². The molecule has 0 heterocycles. The van der Waals surface area contributed by atoms with E-state index in [2.05, 4.69) is 16.0 Å². The van der Waals surface area contributed by atoms with Gasteiger partial charge in [0, 0.05) is 5.56 Å². The molecule has 26 heavy (non-hydrogen) atoms. The third-order valence-corrected chi connectivity index (χ3v) is 4.19. The SMILES string of the molecule is Cc1ccc(C(=O)NC(NC(=S)Nc2ccccc2F)C(Cl)(Cl)Cl)cc1. The minimum absolute atomic E-state index is 0.0179. The van der Waals surface area contributed by atoms with E-state index in [0.717, 1.165) is 5.56 Å². The number of alkyl halides is 3. The summed E-state index contributed by atoms with van der Waals surface area (Å²) in [5.74, 6) is -0.951. The predicted octanol–water partition coefficient (Wildman–Crippen LogP) is 4.55. The lowest BCUT2D eigenvalue weighted by Crippen LogP contribution is -2.56. The van der Waals surface area contributed by atoms with Crippen molar-refractivity contribution in [3.8, 4) is 0 Å². The average molecular weight is 435 g/mol. The molecule has 2 aromatic rings. The summed E-state index contributed by atoms with van der Waals surface area (Å²) in [4.78, 5) is 12.4. The fourth-order valence-corrected chi connectivity index (χ4v) is 2.53. The van der Waals surface area contributed by atoms with Crippen molar-refractivity contribution in [1.82, 2.24) is 10.6 Å². The molecule has 2 aromatic carbocycles. The number of carbonyl (C=O) groups excluding carboxylic acids is 1. The Morgan fingerprint density at radius 1 is 1.08 bits per heavy atom. The third kappa shape index (κ3) is 5.99. The van der Waals surface area contributed by atoms with E-state index in [1.54, 1.807) is 36.4 Å². The molecule has 0 saturated carbocycles. The zero-order valence-electron chi connectivity index (χ0n) is 13.5. The van der Waals surface area contributed by atoms with E-state index in [9.17, 15) is 9.18 Å². The Bertz CT molecular complexity index is 797. The summed E-state index contributed by atoms with van der Waals surface area (Å²) in [6.45, 7) is 1.90. The maximum Gasteiger partial charge on any atom is 0.252 e. The first-order valence-electron chi connectivity index (χ1n) is 7.43. The van der Waals surface area contributed by atoms with Crippen molar-refractivity contribution in [2.75, 3.05) is 5.32 Å². The van der Waals surface area contributed by atoms with Crippen molar-refractivity contribution >= 4 is 63.7 Å². The van der Waals surface area contributed by atoms with Gasteiger partial charge in [-0.3, -0.25) is 4.79 Å². The van der Waals surface area contributed by atoms with Crippen molar-refractivity contribution in [3.63, 3.8) is 0 Å². The lowest BCUT2D eigenvalue weighted by atomic mass is 10.1. The van der Waals surface area contributed by atoms with Crippen LogP contribution in [-0.2, 0) is 0 Å². The molecule has 0 saturated heterocycles. The lowest BCUT2D eigenvalue weighted by molar-refractivity contribution is 0.0934. The van der Waals surface area contributed by atoms with Gasteiger partial charge in [-0.15, -0.1) is 0 Å². The Hall–Kier alpha value is -1.60. The minimum atomic E-state index is -1.90.